The maximum Gasteiger partial charge on any atom is 0.253 e. The molecule has 0 aromatic heterocycles. The van der Waals surface area contributed by atoms with Crippen LogP contribution in [0.2, 0.25) is 0 Å². The number of amides is 1. The number of ether oxygens (including phenoxy) is 3. The molecule has 152 valence electrons. The van der Waals surface area contributed by atoms with Crippen LogP contribution in [0.1, 0.15) is 26.7 Å². The predicted molar refractivity (Wildman–Crippen MR) is 102 cm³/mol. The second kappa shape index (κ2) is 10.0. The van der Waals surface area contributed by atoms with Crippen molar-refractivity contribution in [2.45, 2.75) is 37.7 Å². The summed E-state index contributed by atoms with van der Waals surface area (Å²) >= 11 is 0. The van der Waals surface area contributed by atoms with Crippen molar-refractivity contribution in [1.82, 2.24) is 4.31 Å². The normalized spacial score (nSPS) is 16.7. The molecular formula is C18H28N2O6S. The van der Waals surface area contributed by atoms with E-state index in [1.165, 1.54) is 23.5 Å². The average molecular weight is 400 g/mol. The molecule has 0 saturated carbocycles. The van der Waals surface area contributed by atoms with Crippen molar-refractivity contribution < 1.29 is 27.4 Å². The van der Waals surface area contributed by atoms with Crippen molar-refractivity contribution >= 4 is 21.6 Å². The van der Waals surface area contributed by atoms with Crippen LogP contribution in [0.25, 0.3) is 0 Å². The molecular weight excluding hydrogens is 372 g/mol. The van der Waals surface area contributed by atoms with Gasteiger partial charge in [0, 0.05) is 25.4 Å². The predicted octanol–water partition coefficient (Wildman–Crippen LogP) is 1.86. The molecule has 0 bridgehead atoms. The lowest BCUT2D eigenvalue weighted by molar-refractivity contribution is -0.126. The largest absolute Gasteiger partial charge is 0.495 e. The Balaban J connectivity index is 2.18. The van der Waals surface area contributed by atoms with Gasteiger partial charge in [0.05, 0.1) is 20.3 Å². The number of sulfonamides is 1. The van der Waals surface area contributed by atoms with E-state index in [0.29, 0.717) is 25.5 Å². The summed E-state index contributed by atoms with van der Waals surface area (Å²) in [6.45, 7) is 5.48. The third kappa shape index (κ3) is 5.65. The smallest absolute Gasteiger partial charge is 0.253 e. The number of rotatable bonds is 9. The number of nitrogens with one attached hydrogen (secondary N) is 1. The van der Waals surface area contributed by atoms with Crippen molar-refractivity contribution in [1.29, 1.82) is 0 Å². The molecule has 9 heteroatoms. The highest BCUT2D eigenvalue weighted by Gasteiger charge is 2.29. The Hall–Kier alpha value is -1.68. The van der Waals surface area contributed by atoms with Gasteiger partial charge >= 0.3 is 0 Å². The molecule has 1 unspecified atom stereocenters. The minimum Gasteiger partial charge on any atom is -0.495 e. The Bertz CT molecular complexity index is 731. The lowest BCUT2D eigenvalue weighted by Crippen LogP contribution is -2.40. The van der Waals surface area contributed by atoms with E-state index < -0.39 is 16.1 Å². The summed E-state index contributed by atoms with van der Waals surface area (Å²) in [6.07, 6.45) is 1.23. The summed E-state index contributed by atoms with van der Waals surface area (Å²) in [4.78, 5) is 12.3. The Kier molecular flexibility index (Phi) is 8.03. The first-order valence-electron chi connectivity index (χ1n) is 9.08. The second-order valence-corrected chi connectivity index (χ2v) is 8.14. The lowest BCUT2D eigenvalue weighted by atomic mass is 10.2. The third-order valence-electron chi connectivity index (χ3n) is 4.25. The molecule has 27 heavy (non-hydrogen) atoms. The first kappa shape index (κ1) is 21.6. The maximum absolute atomic E-state index is 13.0. The highest BCUT2D eigenvalue weighted by atomic mass is 32.2. The van der Waals surface area contributed by atoms with Crippen molar-refractivity contribution in [2.24, 2.45) is 0 Å². The minimum absolute atomic E-state index is 0.0178. The van der Waals surface area contributed by atoms with Crippen LogP contribution in [-0.2, 0) is 24.3 Å². The van der Waals surface area contributed by atoms with Crippen molar-refractivity contribution in [3.05, 3.63) is 18.2 Å². The van der Waals surface area contributed by atoms with Crippen LogP contribution in [0.15, 0.2) is 23.1 Å². The summed E-state index contributed by atoms with van der Waals surface area (Å²) in [5.41, 5.74) is 0.374. The Morgan fingerprint density at radius 3 is 2.67 bits per heavy atom. The van der Waals surface area contributed by atoms with Crippen LogP contribution in [0.3, 0.4) is 0 Å². The van der Waals surface area contributed by atoms with E-state index in [2.05, 4.69) is 5.32 Å². The molecule has 1 aromatic rings. The molecule has 0 radical (unpaired) electrons. The zero-order valence-electron chi connectivity index (χ0n) is 16.1. The number of anilines is 1. The van der Waals surface area contributed by atoms with E-state index >= 15 is 0 Å². The monoisotopic (exact) mass is 400 g/mol. The van der Waals surface area contributed by atoms with E-state index in [-0.39, 0.29) is 29.6 Å². The standard InChI is InChI=1S/C18H28N2O6S/c1-4-5-10-26-14(2)18(21)19-15-6-7-16(24-3)17(13-15)27(22,23)20-8-11-25-12-9-20/h6-7,13-14H,4-5,8-12H2,1-3H3,(H,19,21). The molecule has 1 aliphatic rings. The Morgan fingerprint density at radius 2 is 2.04 bits per heavy atom. The maximum atomic E-state index is 13.0. The number of hydrogen-bond donors (Lipinski definition) is 1. The zero-order chi connectivity index (χ0) is 19.9. The average Bonchev–Trinajstić information content (AvgIpc) is 2.68. The molecule has 1 amide bonds. The number of carbonyl (C=O) groups excluding carboxylic acids is 1. The molecule has 1 atom stereocenters. The molecule has 1 fully saturated rings. The van der Waals surface area contributed by atoms with Crippen LogP contribution < -0.4 is 10.1 Å². The highest BCUT2D eigenvalue weighted by molar-refractivity contribution is 7.89. The molecule has 1 aliphatic heterocycles. The highest BCUT2D eigenvalue weighted by Crippen LogP contribution is 2.30. The number of benzene rings is 1. The Labute approximate surface area is 160 Å². The number of hydrogen-bond acceptors (Lipinski definition) is 6. The van der Waals surface area contributed by atoms with E-state index in [9.17, 15) is 13.2 Å². The van der Waals surface area contributed by atoms with E-state index in [1.54, 1.807) is 13.0 Å². The van der Waals surface area contributed by atoms with Gasteiger partial charge in [0.1, 0.15) is 16.7 Å². The van der Waals surface area contributed by atoms with Crippen LogP contribution >= 0.6 is 0 Å². The Morgan fingerprint density at radius 1 is 1.33 bits per heavy atom. The van der Waals surface area contributed by atoms with Crippen LogP contribution in [-0.4, -0.2) is 64.8 Å². The topological polar surface area (TPSA) is 94.2 Å². The van der Waals surface area contributed by atoms with Crippen molar-refractivity contribution in [2.75, 3.05) is 45.3 Å². The number of unbranched alkanes of at least 4 members (excludes halogenated alkanes) is 1. The van der Waals surface area contributed by atoms with Crippen molar-refractivity contribution in [3.8, 4) is 5.75 Å². The minimum atomic E-state index is -3.76. The van der Waals surface area contributed by atoms with Crippen LogP contribution in [0.4, 0.5) is 5.69 Å². The fourth-order valence-electron chi connectivity index (χ4n) is 2.61. The van der Waals surface area contributed by atoms with E-state index in [1.807, 2.05) is 6.92 Å². The SMILES string of the molecule is CCCCOC(C)C(=O)Nc1ccc(OC)c(S(=O)(=O)N2CCOCC2)c1. The first-order chi connectivity index (χ1) is 12.9. The van der Waals surface area contributed by atoms with Gasteiger partial charge < -0.3 is 19.5 Å². The van der Waals surface area contributed by atoms with Gasteiger partial charge in [-0.15, -0.1) is 0 Å². The molecule has 2 rings (SSSR count). The van der Waals surface area contributed by atoms with Gasteiger partial charge in [-0.05, 0) is 31.5 Å². The first-order valence-corrected chi connectivity index (χ1v) is 10.5. The number of methoxy groups -OCH3 is 1. The van der Waals surface area contributed by atoms with E-state index in [0.717, 1.165) is 12.8 Å². The van der Waals surface area contributed by atoms with Gasteiger partial charge in [-0.3, -0.25) is 4.79 Å². The lowest BCUT2D eigenvalue weighted by Gasteiger charge is -2.27. The van der Waals surface area contributed by atoms with Gasteiger partial charge in [0.2, 0.25) is 10.0 Å². The second-order valence-electron chi connectivity index (χ2n) is 6.24. The molecule has 8 nitrogen and oxygen atoms in total. The molecule has 0 spiro atoms. The molecule has 0 aliphatic carbocycles. The summed E-state index contributed by atoms with van der Waals surface area (Å²) in [5.74, 6) is -0.0993. The van der Waals surface area contributed by atoms with Gasteiger partial charge in [-0.1, -0.05) is 13.3 Å². The fraction of sp³-hybridized carbons (Fsp3) is 0.611. The van der Waals surface area contributed by atoms with Crippen LogP contribution in [0.5, 0.6) is 5.75 Å². The molecule has 1 aromatic carbocycles. The van der Waals surface area contributed by atoms with Gasteiger partial charge in [0.25, 0.3) is 5.91 Å². The number of nitrogens with zero attached hydrogens (tertiary/aromatic N) is 1. The van der Waals surface area contributed by atoms with E-state index in [4.69, 9.17) is 14.2 Å². The van der Waals surface area contributed by atoms with Crippen molar-refractivity contribution in [3.63, 3.8) is 0 Å². The number of carbonyl (C=O) groups is 1. The van der Waals surface area contributed by atoms with Gasteiger partial charge in [-0.2, -0.15) is 4.31 Å². The number of morpholine rings is 1. The summed E-state index contributed by atoms with van der Waals surface area (Å²) in [5, 5.41) is 2.71. The quantitative estimate of drug-likeness (QED) is 0.636. The molecule has 1 N–H and O–H groups in total. The third-order valence-corrected chi connectivity index (χ3v) is 6.17. The fourth-order valence-corrected chi connectivity index (χ4v) is 4.20. The zero-order valence-corrected chi connectivity index (χ0v) is 16.9. The van der Waals surface area contributed by atoms with Gasteiger partial charge in [0.15, 0.2) is 0 Å². The summed E-state index contributed by atoms with van der Waals surface area (Å²) in [6, 6.07) is 4.56. The molecule has 1 saturated heterocycles. The summed E-state index contributed by atoms with van der Waals surface area (Å²) < 4.78 is 43.2. The molecule has 1 heterocycles. The van der Waals surface area contributed by atoms with Crippen LogP contribution in [0, 0.1) is 0 Å². The van der Waals surface area contributed by atoms with Gasteiger partial charge in [-0.25, -0.2) is 8.42 Å². The summed E-state index contributed by atoms with van der Waals surface area (Å²) in [7, 11) is -2.34.